The molecule has 2 fully saturated rings. The second-order valence-electron chi connectivity index (χ2n) is 11.4. The minimum Gasteiger partial charge on any atom is -0.431 e. The monoisotopic (exact) mass is 531 g/mol. The number of benzene rings is 1. The molecule has 0 bridgehead atoms. The summed E-state index contributed by atoms with van der Waals surface area (Å²) in [5, 5.41) is 19.5. The Hall–Kier alpha value is -2.16. The number of nitrogens with one attached hydrogen (secondary N) is 2. The lowest BCUT2D eigenvalue weighted by atomic mass is 9.73. The molecule has 0 radical (unpaired) electrons. The van der Waals surface area contributed by atoms with Crippen LogP contribution < -0.4 is 10.6 Å². The fraction of sp³-hybridized carbons (Fsp3) is 0.700. The van der Waals surface area contributed by atoms with Crippen molar-refractivity contribution < 1.29 is 23.4 Å². The number of methoxy groups -OCH3 is 1. The number of carbonyl (C=O) groups excluding carboxylic acids is 1. The van der Waals surface area contributed by atoms with Crippen LogP contribution >= 0.6 is 0 Å². The van der Waals surface area contributed by atoms with E-state index in [4.69, 9.17) is 9.15 Å². The van der Waals surface area contributed by atoms with Crippen molar-refractivity contribution in [2.24, 2.45) is 11.8 Å². The minimum absolute atomic E-state index is 0.0604. The third kappa shape index (κ3) is 7.07. The molecule has 2 heterocycles. The Labute approximate surface area is 226 Å². The van der Waals surface area contributed by atoms with Crippen LogP contribution in [-0.2, 0) is 10.3 Å². The maximum Gasteiger partial charge on any atom is 0.317 e. The number of unbranched alkanes of at least 4 members (excludes halogenated alkanes) is 1. The summed E-state index contributed by atoms with van der Waals surface area (Å²) in [5.74, 6) is 0.479. The summed E-state index contributed by atoms with van der Waals surface area (Å²) < 4.78 is 24.7. The number of hydrogen-bond acceptors (Lipinski definition) is 5. The summed E-state index contributed by atoms with van der Waals surface area (Å²) in [6.45, 7) is 2.47. The highest BCUT2D eigenvalue weighted by Gasteiger charge is 2.43. The fourth-order valence-electron chi connectivity index (χ4n) is 6.65. The lowest BCUT2D eigenvalue weighted by Crippen LogP contribution is -2.54. The Morgan fingerprint density at radius 2 is 2.05 bits per heavy atom. The number of halogens is 1. The van der Waals surface area contributed by atoms with Crippen molar-refractivity contribution >= 4 is 17.0 Å². The van der Waals surface area contributed by atoms with Crippen LogP contribution in [0, 0.1) is 17.8 Å². The van der Waals surface area contributed by atoms with Gasteiger partial charge in [0.15, 0.2) is 0 Å². The molecule has 2 amide bonds. The van der Waals surface area contributed by atoms with Gasteiger partial charge in [-0.2, -0.15) is 4.39 Å². The van der Waals surface area contributed by atoms with Crippen molar-refractivity contribution in [3.8, 4) is 0 Å². The number of likely N-dealkylation sites (N-methyl/N-ethyl adjacent to an activating group) is 1. The number of furan rings is 1. The fourth-order valence-corrected chi connectivity index (χ4v) is 6.65. The van der Waals surface area contributed by atoms with Gasteiger partial charge in [0.05, 0.1) is 5.60 Å². The first kappa shape index (κ1) is 28.8. The van der Waals surface area contributed by atoms with E-state index in [1.807, 2.05) is 24.1 Å². The van der Waals surface area contributed by atoms with Crippen LogP contribution in [0.3, 0.4) is 0 Å². The number of ether oxygens (including phenoxy) is 1. The Balaban J connectivity index is 1.50. The normalized spacial score (nSPS) is 21.4. The number of fused-ring (bicyclic) bond motifs is 1. The Morgan fingerprint density at radius 3 is 2.82 bits per heavy atom. The SMILES string of the molecule is CNCC(CC1CCCCC1)NC(=O)N1CCCC(C(O)(CCCCOC)c2cccc3cc(F)oc23)C1. The van der Waals surface area contributed by atoms with Gasteiger partial charge in [-0.15, -0.1) is 0 Å². The molecule has 1 saturated carbocycles. The van der Waals surface area contributed by atoms with Crippen LogP contribution in [0.25, 0.3) is 11.0 Å². The van der Waals surface area contributed by atoms with E-state index in [1.54, 1.807) is 13.2 Å². The molecule has 1 aliphatic carbocycles. The van der Waals surface area contributed by atoms with Crippen molar-refractivity contribution in [2.75, 3.05) is 40.4 Å². The highest BCUT2D eigenvalue weighted by molar-refractivity contribution is 5.81. The second-order valence-corrected chi connectivity index (χ2v) is 11.4. The summed E-state index contributed by atoms with van der Waals surface area (Å²) in [5.41, 5.74) is -0.250. The first-order chi connectivity index (χ1) is 18.4. The van der Waals surface area contributed by atoms with Gasteiger partial charge < -0.3 is 29.8 Å². The van der Waals surface area contributed by atoms with Crippen molar-refractivity contribution in [1.29, 1.82) is 0 Å². The Bertz CT molecular complexity index is 1020. The van der Waals surface area contributed by atoms with E-state index in [-0.39, 0.29) is 18.0 Å². The van der Waals surface area contributed by atoms with Gasteiger partial charge >= 0.3 is 6.03 Å². The second kappa shape index (κ2) is 13.8. The minimum atomic E-state index is -1.25. The smallest absolute Gasteiger partial charge is 0.317 e. The van der Waals surface area contributed by atoms with E-state index in [9.17, 15) is 14.3 Å². The van der Waals surface area contributed by atoms with Gasteiger partial charge in [-0.1, -0.05) is 50.3 Å². The Kier molecular flexibility index (Phi) is 10.4. The van der Waals surface area contributed by atoms with Crippen molar-refractivity contribution in [3.05, 3.63) is 35.8 Å². The van der Waals surface area contributed by atoms with Gasteiger partial charge in [-0.05, 0) is 51.5 Å². The van der Waals surface area contributed by atoms with Gasteiger partial charge in [0.2, 0.25) is 0 Å². The predicted molar refractivity (Wildman–Crippen MR) is 148 cm³/mol. The molecule has 3 unspecified atom stereocenters. The Morgan fingerprint density at radius 1 is 1.24 bits per heavy atom. The number of amides is 2. The van der Waals surface area contributed by atoms with Gasteiger partial charge in [0, 0.05) is 62.3 Å². The molecule has 0 spiro atoms. The number of para-hydroxylation sites is 1. The van der Waals surface area contributed by atoms with Gasteiger partial charge in [0.1, 0.15) is 5.58 Å². The molecule has 3 N–H and O–H groups in total. The maximum absolute atomic E-state index is 14.1. The molecule has 2 aromatic rings. The van der Waals surface area contributed by atoms with Crippen LogP contribution in [-0.4, -0.2) is 62.5 Å². The van der Waals surface area contributed by atoms with E-state index < -0.39 is 11.6 Å². The van der Waals surface area contributed by atoms with Crippen molar-refractivity contribution in [2.45, 2.75) is 82.3 Å². The quantitative estimate of drug-likeness (QED) is 0.312. The van der Waals surface area contributed by atoms with Crippen LogP contribution in [0.15, 0.2) is 28.7 Å². The average molecular weight is 532 g/mol. The number of urea groups is 1. The summed E-state index contributed by atoms with van der Waals surface area (Å²) in [7, 11) is 3.60. The molecule has 212 valence electrons. The molecule has 8 heteroatoms. The number of carbonyl (C=O) groups is 1. The van der Waals surface area contributed by atoms with Crippen LogP contribution in [0.5, 0.6) is 0 Å². The molecular formula is C30H46FN3O4. The summed E-state index contributed by atoms with van der Waals surface area (Å²) in [6, 6.07) is 6.21. The molecular weight excluding hydrogens is 485 g/mol. The van der Waals surface area contributed by atoms with E-state index in [0.29, 0.717) is 48.6 Å². The number of aliphatic hydroxyl groups is 1. The largest absolute Gasteiger partial charge is 0.431 e. The lowest BCUT2D eigenvalue weighted by molar-refractivity contribution is -0.0559. The number of likely N-dealkylation sites (tertiary alicyclic amines) is 1. The van der Waals surface area contributed by atoms with E-state index in [2.05, 4.69) is 10.6 Å². The first-order valence-corrected chi connectivity index (χ1v) is 14.5. The maximum atomic E-state index is 14.1. The number of rotatable bonds is 12. The molecule has 1 aliphatic heterocycles. The molecule has 2 aliphatic rings. The van der Waals surface area contributed by atoms with E-state index >= 15 is 0 Å². The van der Waals surface area contributed by atoms with Gasteiger partial charge in [-0.25, -0.2) is 4.79 Å². The highest BCUT2D eigenvalue weighted by atomic mass is 19.1. The van der Waals surface area contributed by atoms with E-state index in [0.717, 1.165) is 38.6 Å². The predicted octanol–water partition coefficient (Wildman–Crippen LogP) is 5.56. The number of hydrogen-bond donors (Lipinski definition) is 3. The van der Waals surface area contributed by atoms with Gasteiger partial charge in [-0.3, -0.25) is 0 Å². The van der Waals surface area contributed by atoms with E-state index in [1.165, 1.54) is 38.2 Å². The topological polar surface area (TPSA) is 87.0 Å². The standard InChI is InChI=1S/C30H46FN3O4/c1-32-20-25(18-22-10-4-3-5-11-22)33-29(35)34-16-9-13-24(21-34)30(36,15-6-7-17-37-2)26-14-8-12-23-19-27(31)38-28(23)26/h8,12,14,19,22,24-25,32,36H,3-7,9-11,13,15-18,20-21H2,1-2H3,(H,33,35). The number of nitrogens with zero attached hydrogens (tertiary/aromatic N) is 1. The zero-order chi connectivity index (χ0) is 27.0. The van der Waals surface area contributed by atoms with Crippen molar-refractivity contribution in [3.63, 3.8) is 0 Å². The number of piperidine rings is 1. The van der Waals surface area contributed by atoms with Crippen molar-refractivity contribution in [1.82, 2.24) is 15.5 Å². The van der Waals surface area contributed by atoms with Crippen LogP contribution in [0.2, 0.25) is 0 Å². The summed E-state index contributed by atoms with van der Waals surface area (Å²) in [4.78, 5) is 15.3. The average Bonchev–Trinajstić information content (AvgIpc) is 3.32. The van der Waals surface area contributed by atoms with Crippen LogP contribution in [0.1, 0.15) is 76.2 Å². The summed E-state index contributed by atoms with van der Waals surface area (Å²) in [6.07, 6.45) is 11.0. The molecule has 7 nitrogen and oxygen atoms in total. The third-order valence-corrected chi connectivity index (χ3v) is 8.64. The molecule has 38 heavy (non-hydrogen) atoms. The molecule has 1 aromatic heterocycles. The lowest BCUT2D eigenvalue weighted by Gasteiger charge is -2.43. The third-order valence-electron chi connectivity index (χ3n) is 8.64. The zero-order valence-corrected chi connectivity index (χ0v) is 23.1. The molecule has 1 saturated heterocycles. The highest BCUT2D eigenvalue weighted by Crippen LogP contribution is 2.43. The molecule has 1 aromatic carbocycles. The molecule has 3 atom stereocenters. The first-order valence-electron chi connectivity index (χ1n) is 14.5. The zero-order valence-electron chi connectivity index (χ0n) is 23.1. The molecule has 4 rings (SSSR count). The summed E-state index contributed by atoms with van der Waals surface area (Å²) >= 11 is 0. The van der Waals surface area contributed by atoms with Crippen LogP contribution in [0.4, 0.5) is 9.18 Å². The van der Waals surface area contributed by atoms with Gasteiger partial charge in [0.25, 0.3) is 6.01 Å².